The number of hydrogen-bond donors (Lipinski definition) is 2. The fourth-order valence-electron chi connectivity index (χ4n) is 3.18. The van der Waals surface area contributed by atoms with E-state index in [0.29, 0.717) is 12.6 Å². The van der Waals surface area contributed by atoms with E-state index in [4.69, 9.17) is 0 Å². The maximum atomic E-state index is 11.3. The number of nitrogens with zero attached hydrogens (tertiary/aromatic N) is 2. The summed E-state index contributed by atoms with van der Waals surface area (Å²) in [5.41, 5.74) is 0. The van der Waals surface area contributed by atoms with Gasteiger partial charge in [0.05, 0.1) is 0 Å². The van der Waals surface area contributed by atoms with Gasteiger partial charge in [-0.1, -0.05) is 6.92 Å². The average molecular weight is 255 g/mol. The lowest BCUT2D eigenvalue weighted by Crippen LogP contribution is -2.60. The summed E-state index contributed by atoms with van der Waals surface area (Å²) in [6, 6.07) is 0.128. The molecular formula is C13H25N3O2. The molecular weight excluding hydrogens is 230 g/mol. The molecule has 5 heteroatoms. The Morgan fingerprint density at radius 1 is 1.33 bits per heavy atom. The summed E-state index contributed by atoms with van der Waals surface area (Å²) in [6.45, 7) is 8.00. The van der Waals surface area contributed by atoms with E-state index in [-0.39, 0.29) is 6.04 Å². The van der Waals surface area contributed by atoms with Crippen LogP contribution in [0, 0.1) is 0 Å². The van der Waals surface area contributed by atoms with E-state index in [1.165, 1.54) is 13.0 Å². The molecule has 1 atom stereocenters. The van der Waals surface area contributed by atoms with Crippen LogP contribution in [0.3, 0.4) is 0 Å². The topological polar surface area (TPSA) is 55.8 Å². The summed E-state index contributed by atoms with van der Waals surface area (Å²) in [6.07, 6.45) is 3.43. The van der Waals surface area contributed by atoms with Crippen LogP contribution in [0.2, 0.25) is 0 Å². The standard InChI is InChI=1S/C13H25N3O2/c1-2-6-15-7-3-11(4-8-15)16-9-5-14-10-12(16)13(17)18/h11-12,14H,2-10H2,1H3,(H,17,18). The third-order valence-corrected chi connectivity index (χ3v) is 4.14. The number of piperazine rings is 1. The molecule has 18 heavy (non-hydrogen) atoms. The lowest BCUT2D eigenvalue weighted by Gasteiger charge is -2.43. The number of carboxylic acid groups (broad SMARTS) is 1. The van der Waals surface area contributed by atoms with E-state index in [0.717, 1.165) is 39.0 Å². The van der Waals surface area contributed by atoms with Crippen molar-refractivity contribution in [3.63, 3.8) is 0 Å². The van der Waals surface area contributed by atoms with Gasteiger partial charge < -0.3 is 15.3 Å². The van der Waals surface area contributed by atoms with E-state index in [1.54, 1.807) is 0 Å². The van der Waals surface area contributed by atoms with Gasteiger partial charge in [0.1, 0.15) is 6.04 Å². The number of aliphatic carboxylic acids is 1. The second-order valence-corrected chi connectivity index (χ2v) is 5.37. The fraction of sp³-hybridized carbons (Fsp3) is 0.923. The van der Waals surface area contributed by atoms with Gasteiger partial charge in [-0.15, -0.1) is 0 Å². The zero-order valence-electron chi connectivity index (χ0n) is 11.3. The minimum atomic E-state index is -0.682. The summed E-state index contributed by atoms with van der Waals surface area (Å²) in [4.78, 5) is 16.0. The Morgan fingerprint density at radius 3 is 2.67 bits per heavy atom. The molecule has 104 valence electrons. The Balaban J connectivity index is 1.88. The number of rotatable bonds is 4. The number of carbonyl (C=O) groups is 1. The smallest absolute Gasteiger partial charge is 0.322 e. The third kappa shape index (κ3) is 3.22. The SMILES string of the molecule is CCCN1CCC(N2CCNCC2C(=O)O)CC1. The van der Waals surface area contributed by atoms with Gasteiger partial charge in [0, 0.05) is 25.7 Å². The highest BCUT2D eigenvalue weighted by Crippen LogP contribution is 2.20. The second-order valence-electron chi connectivity index (χ2n) is 5.37. The van der Waals surface area contributed by atoms with Gasteiger partial charge in [-0.05, 0) is 38.9 Å². The van der Waals surface area contributed by atoms with Crippen molar-refractivity contribution in [3.8, 4) is 0 Å². The van der Waals surface area contributed by atoms with Crippen molar-refractivity contribution in [2.75, 3.05) is 39.3 Å². The van der Waals surface area contributed by atoms with Crippen molar-refractivity contribution in [3.05, 3.63) is 0 Å². The van der Waals surface area contributed by atoms with Crippen molar-refractivity contribution in [2.24, 2.45) is 0 Å². The molecule has 0 saturated carbocycles. The van der Waals surface area contributed by atoms with Crippen LogP contribution in [0.15, 0.2) is 0 Å². The molecule has 0 amide bonds. The molecule has 0 aromatic carbocycles. The summed E-state index contributed by atoms with van der Waals surface area (Å²) in [5.74, 6) is -0.682. The first-order chi connectivity index (χ1) is 8.72. The zero-order chi connectivity index (χ0) is 13.0. The van der Waals surface area contributed by atoms with Gasteiger partial charge in [-0.25, -0.2) is 0 Å². The molecule has 2 rings (SSSR count). The Morgan fingerprint density at radius 2 is 2.06 bits per heavy atom. The predicted octanol–water partition coefficient (Wildman–Crippen LogP) is 0.219. The van der Waals surface area contributed by atoms with Crippen molar-refractivity contribution in [1.29, 1.82) is 0 Å². The van der Waals surface area contributed by atoms with E-state index in [2.05, 4.69) is 22.0 Å². The van der Waals surface area contributed by atoms with E-state index in [1.807, 2.05) is 0 Å². The van der Waals surface area contributed by atoms with Crippen LogP contribution in [0.1, 0.15) is 26.2 Å². The van der Waals surface area contributed by atoms with Gasteiger partial charge in [0.2, 0.25) is 0 Å². The average Bonchev–Trinajstić information content (AvgIpc) is 2.40. The number of carboxylic acids is 1. The Hall–Kier alpha value is -0.650. The Kier molecular flexibility index (Phi) is 4.97. The highest BCUT2D eigenvalue weighted by atomic mass is 16.4. The Labute approximate surface area is 109 Å². The van der Waals surface area contributed by atoms with Gasteiger partial charge in [0.15, 0.2) is 0 Å². The minimum Gasteiger partial charge on any atom is -0.480 e. The van der Waals surface area contributed by atoms with Crippen molar-refractivity contribution < 1.29 is 9.90 Å². The Bertz CT molecular complexity index is 277. The first-order valence-electron chi connectivity index (χ1n) is 7.14. The lowest BCUT2D eigenvalue weighted by molar-refractivity contribution is -0.145. The molecule has 2 N–H and O–H groups in total. The lowest BCUT2D eigenvalue weighted by atomic mass is 9.99. The molecule has 0 aromatic rings. The fourth-order valence-corrected chi connectivity index (χ4v) is 3.18. The monoisotopic (exact) mass is 255 g/mol. The minimum absolute atomic E-state index is 0.332. The molecule has 2 saturated heterocycles. The van der Waals surface area contributed by atoms with Crippen LogP contribution in [0.4, 0.5) is 0 Å². The molecule has 0 aliphatic carbocycles. The highest BCUT2D eigenvalue weighted by molar-refractivity contribution is 5.74. The molecule has 1 unspecified atom stereocenters. The molecule has 0 spiro atoms. The maximum absolute atomic E-state index is 11.3. The molecule has 2 aliphatic rings. The summed E-state index contributed by atoms with van der Waals surface area (Å²) in [7, 11) is 0. The van der Waals surface area contributed by atoms with Crippen LogP contribution in [-0.4, -0.2) is 72.2 Å². The largest absolute Gasteiger partial charge is 0.480 e. The van der Waals surface area contributed by atoms with Crippen LogP contribution in [-0.2, 0) is 4.79 Å². The molecule has 2 aliphatic heterocycles. The van der Waals surface area contributed by atoms with Crippen molar-refractivity contribution in [2.45, 2.75) is 38.3 Å². The van der Waals surface area contributed by atoms with Gasteiger partial charge in [0.25, 0.3) is 0 Å². The van der Waals surface area contributed by atoms with E-state index < -0.39 is 5.97 Å². The summed E-state index contributed by atoms with van der Waals surface area (Å²) in [5, 5.41) is 12.5. The highest BCUT2D eigenvalue weighted by Gasteiger charge is 2.34. The molecule has 0 bridgehead atoms. The van der Waals surface area contributed by atoms with E-state index >= 15 is 0 Å². The molecule has 0 aromatic heterocycles. The van der Waals surface area contributed by atoms with Gasteiger partial charge in [-0.2, -0.15) is 0 Å². The predicted molar refractivity (Wildman–Crippen MR) is 70.8 cm³/mol. The summed E-state index contributed by atoms with van der Waals surface area (Å²) >= 11 is 0. The first kappa shape index (κ1) is 13.8. The number of nitrogens with one attached hydrogen (secondary N) is 1. The van der Waals surface area contributed by atoms with E-state index in [9.17, 15) is 9.90 Å². The van der Waals surface area contributed by atoms with Crippen LogP contribution in [0.5, 0.6) is 0 Å². The number of hydrogen-bond acceptors (Lipinski definition) is 4. The van der Waals surface area contributed by atoms with Crippen LogP contribution < -0.4 is 5.32 Å². The quantitative estimate of drug-likeness (QED) is 0.752. The molecule has 5 nitrogen and oxygen atoms in total. The molecule has 0 radical (unpaired) electrons. The molecule has 2 heterocycles. The maximum Gasteiger partial charge on any atom is 0.322 e. The molecule has 2 fully saturated rings. The number of piperidine rings is 1. The van der Waals surface area contributed by atoms with Gasteiger partial charge >= 0.3 is 5.97 Å². The third-order valence-electron chi connectivity index (χ3n) is 4.14. The van der Waals surface area contributed by atoms with Crippen LogP contribution in [0.25, 0.3) is 0 Å². The zero-order valence-corrected chi connectivity index (χ0v) is 11.3. The second kappa shape index (κ2) is 6.50. The normalized spacial score (nSPS) is 28.4. The van der Waals surface area contributed by atoms with Crippen LogP contribution >= 0.6 is 0 Å². The van der Waals surface area contributed by atoms with Gasteiger partial charge in [-0.3, -0.25) is 9.69 Å². The van der Waals surface area contributed by atoms with Crippen molar-refractivity contribution in [1.82, 2.24) is 15.1 Å². The number of likely N-dealkylation sites (tertiary alicyclic amines) is 1. The van der Waals surface area contributed by atoms with Crippen molar-refractivity contribution >= 4 is 5.97 Å². The first-order valence-corrected chi connectivity index (χ1v) is 7.14. The summed E-state index contributed by atoms with van der Waals surface area (Å²) < 4.78 is 0.